The average molecular weight is 258 g/mol. The molecule has 0 spiro atoms. The predicted molar refractivity (Wildman–Crippen MR) is 71.1 cm³/mol. The molecule has 0 unspecified atom stereocenters. The van der Waals surface area contributed by atoms with Gasteiger partial charge in [-0.1, -0.05) is 6.07 Å². The summed E-state index contributed by atoms with van der Waals surface area (Å²) >= 11 is 0. The number of aliphatic hydroxyl groups excluding tert-OH is 1. The third kappa shape index (κ3) is 3.08. The fourth-order valence-electron chi connectivity index (χ4n) is 1.67. The van der Waals surface area contributed by atoms with E-state index in [0.29, 0.717) is 22.7 Å². The molecule has 2 N–H and O–H groups in total. The number of nitrogens with zero attached hydrogens (tertiary/aromatic N) is 1. The van der Waals surface area contributed by atoms with Gasteiger partial charge in [0.2, 0.25) is 0 Å². The van der Waals surface area contributed by atoms with Crippen LogP contribution in [-0.2, 0) is 6.61 Å². The summed E-state index contributed by atoms with van der Waals surface area (Å²) in [4.78, 5) is 15.9. The molecule has 2 rings (SSSR count). The number of nitrogens with one attached hydrogen (secondary N) is 1. The number of aliphatic hydroxyl groups is 1. The van der Waals surface area contributed by atoms with E-state index in [2.05, 4.69) is 10.3 Å². The molecule has 5 heteroatoms. The summed E-state index contributed by atoms with van der Waals surface area (Å²) in [6, 6.07) is 10.2. The minimum absolute atomic E-state index is 0.156. The maximum Gasteiger partial charge on any atom is 0.274 e. The number of hydrogen-bond donors (Lipinski definition) is 2. The molecule has 0 saturated heterocycles. The lowest BCUT2D eigenvalue weighted by Gasteiger charge is -2.09. The molecule has 2 aromatic rings. The van der Waals surface area contributed by atoms with Gasteiger partial charge in [-0.25, -0.2) is 0 Å². The second-order valence-corrected chi connectivity index (χ2v) is 3.85. The van der Waals surface area contributed by atoms with E-state index in [4.69, 9.17) is 4.74 Å². The largest absolute Gasteiger partial charge is 0.496 e. The van der Waals surface area contributed by atoms with E-state index in [1.807, 2.05) is 0 Å². The van der Waals surface area contributed by atoms with Crippen molar-refractivity contribution in [2.75, 3.05) is 12.4 Å². The van der Waals surface area contributed by atoms with Crippen LogP contribution in [0.5, 0.6) is 5.75 Å². The zero-order chi connectivity index (χ0) is 13.7. The van der Waals surface area contributed by atoms with Crippen molar-refractivity contribution in [2.45, 2.75) is 6.61 Å². The maximum atomic E-state index is 11.9. The van der Waals surface area contributed by atoms with Crippen LogP contribution in [-0.4, -0.2) is 23.1 Å². The first-order valence-corrected chi connectivity index (χ1v) is 5.74. The monoisotopic (exact) mass is 258 g/mol. The number of methoxy groups -OCH3 is 1. The summed E-state index contributed by atoms with van der Waals surface area (Å²) in [6.07, 6.45) is 1.56. The van der Waals surface area contributed by atoms with Gasteiger partial charge in [0.25, 0.3) is 5.91 Å². The molecule has 0 aliphatic rings. The molecule has 5 nitrogen and oxygen atoms in total. The Bertz CT molecular complexity index is 570. The lowest BCUT2D eigenvalue weighted by molar-refractivity contribution is 0.102. The molecule has 1 aromatic carbocycles. The van der Waals surface area contributed by atoms with Crippen molar-refractivity contribution < 1.29 is 14.6 Å². The van der Waals surface area contributed by atoms with E-state index in [0.717, 1.165) is 0 Å². The second-order valence-electron chi connectivity index (χ2n) is 3.85. The van der Waals surface area contributed by atoms with Crippen LogP contribution in [0.15, 0.2) is 42.6 Å². The van der Waals surface area contributed by atoms with E-state index in [1.54, 1.807) is 42.6 Å². The SMILES string of the molecule is COc1ccc(NC(=O)c2ccccn2)cc1CO. The Morgan fingerprint density at radius 3 is 2.84 bits per heavy atom. The summed E-state index contributed by atoms with van der Waals surface area (Å²) < 4.78 is 5.10. The van der Waals surface area contributed by atoms with E-state index >= 15 is 0 Å². The van der Waals surface area contributed by atoms with Crippen molar-refractivity contribution in [3.8, 4) is 5.75 Å². The highest BCUT2D eigenvalue weighted by atomic mass is 16.5. The Labute approximate surface area is 110 Å². The molecule has 0 bridgehead atoms. The average Bonchev–Trinajstić information content (AvgIpc) is 2.48. The van der Waals surface area contributed by atoms with Crippen LogP contribution in [0.25, 0.3) is 0 Å². The number of hydrogen-bond acceptors (Lipinski definition) is 4. The Kier molecular flexibility index (Phi) is 4.10. The van der Waals surface area contributed by atoms with Gasteiger partial charge in [0.15, 0.2) is 0 Å². The van der Waals surface area contributed by atoms with Gasteiger partial charge in [-0.05, 0) is 30.3 Å². The number of anilines is 1. The first kappa shape index (κ1) is 13.0. The van der Waals surface area contributed by atoms with Gasteiger partial charge < -0.3 is 15.2 Å². The molecular weight excluding hydrogens is 244 g/mol. The van der Waals surface area contributed by atoms with Crippen LogP contribution in [0.1, 0.15) is 16.1 Å². The molecule has 0 aliphatic heterocycles. The van der Waals surface area contributed by atoms with Crippen molar-refractivity contribution in [1.82, 2.24) is 4.98 Å². The molecule has 0 radical (unpaired) electrons. The Balaban J connectivity index is 2.18. The molecule has 0 saturated carbocycles. The highest BCUT2D eigenvalue weighted by Crippen LogP contribution is 2.22. The second kappa shape index (κ2) is 5.97. The van der Waals surface area contributed by atoms with Gasteiger partial charge in [-0.2, -0.15) is 0 Å². The third-order valence-electron chi connectivity index (χ3n) is 2.61. The Morgan fingerprint density at radius 1 is 1.37 bits per heavy atom. The molecule has 1 aromatic heterocycles. The smallest absolute Gasteiger partial charge is 0.274 e. The van der Waals surface area contributed by atoms with E-state index in [1.165, 1.54) is 7.11 Å². The van der Waals surface area contributed by atoms with Gasteiger partial charge in [-0.15, -0.1) is 0 Å². The number of aromatic nitrogens is 1. The molecule has 0 atom stereocenters. The third-order valence-corrected chi connectivity index (χ3v) is 2.61. The number of rotatable bonds is 4. The van der Waals surface area contributed by atoms with Gasteiger partial charge in [0.05, 0.1) is 13.7 Å². The van der Waals surface area contributed by atoms with Crippen LogP contribution >= 0.6 is 0 Å². The molecule has 1 heterocycles. The number of benzene rings is 1. The number of carbonyl (C=O) groups excluding carboxylic acids is 1. The van der Waals surface area contributed by atoms with Crippen molar-refractivity contribution in [3.05, 3.63) is 53.9 Å². The fourth-order valence-corrected chi connectivity index (χ4v) is 1.67. The number of carbonyl (C=O) groups is 1. The zero-order valence-corrected chi connectivity index (χ0v) is 10.5. The fraction of sp³-hybridized carbons (Fsp3) is 0.143. The normalized spacial score (nSPS) is 10.0. The summed E-state index contributed by atoms with van der Waals surface area (Å²) in [6.45, 7) is -0.156. The summed E-state index contributed by atoms with van der Waals surface area (Å²) in [5.74, 6) is 0.285. The number of pyridine rings is 1. The van der Waals surface area contributed by atoms with Crippen LogP contribution in [0, 0.1) is 0 Å². The highest BCUT2D eigenvalue weighted by molar-refractivity contribution is 6.02. The standard InChI is InChI=1S/C14H14N2O3/c1-19-13-6-5-11(8-10(13)9-17)16-14(18)12-4-2-3-7-15-12/h2-8,17H,9H2,1H3,(H,16,18). The van der Waals surface area contributed by atoms with Crippen molar-refractivity contribution >= 4 is 11.6 Å². The quantitative estimate of drug-likeness (QED) is 0.877. The highest BCUT2D eigenvalue weighted by Gasteiger charge is 2.08. The molecule has 0 aliphatic carbocycles. The predicted octanol–water partition coefficient (Wildman–Crippen LogP) is 1.83. The maximum absolute atomic E-state index is 11.9. The summed E-state index contributed by atoms with van der Waals surface area (Å²) in [7, 11) is 1.53. The van der Waals surface area contributed by atoms with Crippen LogP contribution < -0.4 is 10.1 Å². The zero-order valence-electron chi connectivity index (χ0n) is 10.5. The minimum atomic E-state index is -0.297. The molecule has 19 heavy (non-hydrogen) atoms. The molecule has 1 amide bonds. The first-order chi connectivity index (χ1) is 9.24. The van der Waals surface area contributed by atoms with E-state index in [9.17, 15) is 9.90 Å². The number of ether oxygens (including phenoxy) is 1. The van der Waals surface area contributed by atoms with Gasteiger partial charge in [-0.3, -0.25) is 9.78 Å². The lowest BCUT2D eigenvalue weighted by atomic mass is 10.2. The molecular formula is C14H14N2O3. The number of amides is 1. The Morgan fingerprint density at radius 2 is 2.21 bits per heavy atom. The van der Waals surface area contributed by atoms with E-state index in [-0.39, 0.29) is 12.5 Å². The summed E-state index contributed by atoms with van der Waals surface area (Å²) in [5.41, 5.74) is 1.53. The van der Waals surface area contributed by atoms with Crippen molar-refractivity contribution in [2.24, 2.45) is 0 Å². The molecule has 98 valence electrons. The Hall–Kier alpha value is -2.40. The first-order valence-electron chi connectivity index (χ1n) is 5.74. The van der Waals surface area contributed by atoms with Gasteiger partial charge in [0.1, 0.15) is 11.4 Å². The van der Waals surface area contributed by atoms with Gasteiger partial charge in [0, 0.05) is 17.4 Å². The van der Waals surface area contributed by atoms with Crippen molar-refractivity contribution in [1.29, 1.82) is 0 Å². The summed E-state index contributed by atoms with van der Waals surface area (Å²) in [5, 5.41) is 11.9. The molecule has 0 fully saturated rings. The van der Waals surface area contributed by atoms with Gasteiger partial charge >= 0.3 is 0 Å². The lowest BCUT2D eigenvalue weighted by Crippen LogP contribution is -2.13. The topological polar surface area (TPSA) is 71.5 Å². The van der Waals surface area contributed by atoms with Crippen LogP contribution in [0.3, 0.4) is 0 Å². The van der Waals surface area contributed by atoms with E-state index < -0.39 is 0 Å². The van der Waals surface area contributed by atoms with Crippen LogP contribution in [0.4, 0.5) is 5.69 Å². The minimum Gasteiger partial charge on any atom is -0.496 e. The van der Waals surface area contributed by atoms with Crippen molar-refractivity contribution in [3.63, 3.8) is 0 Å². The van der Waals surface area contributed by atoms with Crippen LogP contribution in [0.2, 0.25) is 0 Å².